The van der Waals surface area contributed by atoms with Crippen molar-refractivity contribution in [2.45, 2.75) is 32.4 Å². The maximum Gasteiger partial charge on any atom is 0.410 e. The zero-order valence-corrected chi connectivity index (χ0v) is 11.3. The number of hydrogen-bond donors (Lipinski definition) is 1. The summed E-state index contributed by atoms with van der Waals surface area (Å²) in [6.45, 7) is 9.46. The molecule has 98 valence electrons. The molecule has 1 aliphatic rings. The quantitative estimate of drug-likeness (QED) is 0.461. The lowest BCUT2D eigenvalue weighted by atomic mass is 10.1. The predicted molar refractivity (Wildman–Crippen MR) is 71.8 cm³/mol. The van der Waals surface area contributed by atoms with Gasteiger partial charge in [-0.1, -0.05) is 6.58 Å². The van der Waals surface area contributed by atoms with Crippen LogP contribution in [0.25, 0.3) is 0 Å². The summed E-state index contributed by atoms with van der Waals surface area (Å²) in [6.07, 6.45) is 6.24. The topological polar surface area (TPSA) is 53.7 Å². The molecule has 0 saturated carbocycles. The standard InChI is InChI=1S/C13H20N3O2/c1-6-18-12(17)11-7-14-8-13(4,9-16(11)5)15-10(2)3/h6-10,15H,1H2,2-5H3/q+1. The van der Waals surface area contributed by atoms with Crippen molar-refractivity contribution in [2.75, 3.05) is 7.05 Å². The maximum atomic E-state index is 11.7. The summed E-state index contributed by atoms with van der Waals surface area (Å²) in [5.74, 6) is -0.477. The van der Waals surface area contributed by atoms with Crippen LogP contribution in [0.3, 0.4) is 0 Å². The summed E-state index contributed by atoms with van der Waals surface area (Å²) in [6, 6.07) is 0.299. The van der Waals surface area contributed by atoms with Gasteiger partial charge in [0.05, 0.1) is 6.26 Å². The average molecular weight is 250 g/mol. The van der Waals surface area contributed by atoms with Crippen LogP contribution in [-0.2, 0) is 9.53 Å². The number of likely N-dealkylation sites (N-methyl/N-ethyl adjacent to an activating group) is 1. The molecule has 0 aromatic carbocycles. The molecule has 0 aliphatic carbocycles. The third-order valence-corrected chi connectivity index (χ3v) is 2.38. The van der Waals surface area contributed by atoms with Gasteiger partial charge in [-0.05, 0) is 20.8 Å². The normalized spacial score (nSPS) is 23.2. The second kappa shape index (κ2) is 5.73. The maximum absolute atomic E-state index is 11.7. The summed E-state index contributed by atoms with van der Waals surface area (Å²) >= 11 is 0. The Morgan fingerprint density at radius 2 is 2.33 bits per heavy atom. The van der Waals surface area contributed by atoms with Gasteiger partial charge in [-0.15, -0.1) is 0 Å². The third-order valence-electron chi connectivity index (χ3n) is 2.38. The Labute approximate surface area is 108 Å². The highest BCUT2D eigenvalue weighted by Gasteiger charge is 2.30. The Bertz CT molecular complexity index is 436. The molecular weight excluding hydrogens is 230 g/mol. The molecule has 1 heterocycles. The highest BCUT2D eigenvalue weighted by atomic mass is 16.5. The Balaban J connectivity index is 3.00. The summed E-state index contributed by atoms with van der Waals surface area (Å²) in [4.78, 5) is 15.8. The van der Waals surface area contributed by atoms with E-state index in [9.17, 15) is 4.79 Å². The lowest BCUT2D eigenvalue weighted by molar-refractivity contribution is -0.436. The van der Waals surface area contributed by atoms with E-state index in [1.165, 1.54) is 6.20 Å². The van der Waals surface area contributed by atoms with Crippen molar-refractivity contribution in [2.24, 2.45) is 4.99 Å². The van der Waals surface area contributed by atoms with Crippen LogP contribution in [0.5, 0.6) is 0 Å². The Morgan fingerprint density at radius 3 is 2.89 bits per heavy atom. The number of carbonyl (C=O) groups is 1. The van der Waals surface area contributed by atoms with Crippen LogP contribution >= 0.6 is 0 Å². The molecule has 0 aromatic rings. The molecule has 5 heteroatoms. The highest BCUT2D eigenvalue weighted by Crippen LogP contribution is 2.08. The zero-order chi connectivity index (χ0) is 13.8. The fourth-order valence-electron chi connectivity index (χ4n) is 1.89. The second-order valence-electron chi connectivity index (χ2n) is 4.69. The van der Waals surface area contributed by atoms with E-state index in [2.05, 4.69) is 30.7 Å². The van der Waals surface area contributed by atoms with Gasteiger partial charge in [0.15, 0.2) is 6.21 Å². The molecule has 0 fully saturated rings. The van der Waals surface area contributed by atoms with Gasteiger partial charge in [-0.25, -0.2) is 4.79 Å². The van der Waals surface area contributed by atoms with E-state index in [1.54, 1.807) is 17.8 Å². The third kappa shape index (κ3) is 3.63. The van der Waals surface area contributed by atoms with Crippen LogP contribution in [-0.4, -0.2) is 41.6 Å². The summed E-state index contributed by atoms with van der Waals surface area (Å²) in [7, 11) is 1.78. The minimum Gasteiger partial charge on any atom is -0.427 e. The van der Waals surface area contributed by atoms with Crippen LogP contribution in [0.1, 0.15) is 20.8 Å². The van der Waals surface area contributed by atoms with Crippen LogP contribution in [0.4, 0.5) is 0 Å². The fourth-order valence-corrected chi connectivity index (χ4v) is 1.89. The number of ether oxygens (including phenoxy) is 1. The average Bonchev–Trinajstić information content (AvgIpc) is 2.36. The Kier molecular flexibility index (Phi) is 4.55. The molecule has 18 heavy (non-hydrogen) atoms. The van der Waals surface area contributed by atoms with Crippen molar-refractivity contribution in [1.29, 1.82) is 0 Å². The number of rotatable bonds is 4. The van der Waals surface area contributed by atoms with Crippen LogP contribution in [0.2, 0.25) is 0 Å². The molecule has 0 amide bonds. The smallest absolute Gasteiger partial charge is 0.410 e. The van der Waals surface area contributed by atoms with Gasteiger partial charge in [0.2, 0.25) is 0 Å². The largest absolute Gasteiger partial charge is 0.427 e. The Morgan fingerprint density at radius 1 is 1.67 bits per heavy atom. The van der Waals surface area contributed by atoms with Crippen molar-refractivity contribution in [1.82, 2.24) is 5.32 Å². The van der Waals surface area contributed by atoms with Crippen molar-refractivity contribution in [3.05, 3.63) is 24.7 Å². The fraction of sp³-hybridized carbons (Fsp3) is 0.462. The van der Waals surface area contributed by atoms with Crippen LogP contribution in [0, 0.1) is 0 Å². The van der Waals surface area contributed by atoms with Gasteiger partial charge in [0.25, 0.3) is 0 Å². The highest BCUT2D eigenvalue weighted by molar-refractivity contribution is 5.95. The predicted octanol–water partition coefficient (Wildman–Crippen LogP) is 1.07. The van der Waals surface area contributed by atoms with Gasteiger partial charge in [-0.2, -0.15) is 4.58 Å². The first-order valence-corrected chi connectivity index (χ1v) is 5.81. The van der Waals surface area contributed by atoms with Gasteiger partial charge < -0.3 is 4.74 Å². The van der Waals surface area contributed by atoms with E-state index in [0.717, 1.165) is 6.26 Å². The Hall–Kier alpha value is -1.75. The molecule has 5 nitrogen and oxygen atoms in total. The van der Waals surface area contributed by atoms with Crippen molar-refractivity contribution in [3.8, 4) is 0 Å². The van der Waals surface area contributed by atoms with Gasteiger partial charge in [0.1, 0.15) is 18.8 Å². The molecule has 0 spiro atoms. The van der Waals surface area contributed by atoms with Crippen molar-refractivity contribution in [3.63, 3.8) is 0 Å². The van der Waals surface area contributed by atoms with E-state index in [4.69, 9.17) is 4.74 Å². The minimum atomic E-state index is -0.477. The second-order valence-corrected chi connectivity index (χ2v) is 4.69. The molecule has 0 saturated heterocycles. The van der Waals surface area contributed by atoms with Gasteiger partial charge in [0, 0.05) is 12.3 Å². The molecule has 1 rings (SSSR count). The number of esters is 1. The first kappa shape index (κ1) is 14.3. The van der Waals surface area contributed by atoms with Crippen LogP contribution in [0.15, 0.2) is 29.7 Å². The number of aliphatic imine (C=N–C) groups is 1. The molecule has 0 aromatic heterocycles. The molecule has 0 radical (unpaired) electrons. The number of nitrogens with zero attached hydrogens (tertiary/aromatic N) is 2. The van der Waals surface area contributed by atoms with Crippen LogP contribution < -0.4 is 5.32 Å². The lowest BCUT2D eigenvalue weighted by Crippen LogP contribution is -2.50. The number of carbonyl (C=O) groups excluding carboxylic acids is 1. The van der Waals surface area contributed by atoms with E-state index in [-0.39, 0.29) is 0 Å². The summed E-state index contributed by atoms with van der Waals surface area (Å²) < 4.78 is 6.46. The molecule has 1 unspecified atom stereocenters. The van der Waals surface area contributed by atoms with Crippen molar-refractivity contribution >= 4 is 18.4 Å². The first-order valence-electron chi connectivity index (χ1n) is 5.81. The number of hydrogen-bond acceptors (Lipinski definition) is 4. The monoisotopic (exact) mass is 250 g/mol. The SMILES string of the molecule is C=COC(=O)C1=CN=CC(C)(NC(C)C)C=[N+]1C. The van der Waals surface area contributed by atoms with Gasteiger partial charge in [-0.3, -0.25) is 10.3 Å². The zero-order valence-electron chi connectivity index (χ0n) is 11.3. The van der Waals surface area contributed by atoms with Gasteiger partial charge >= 0.3 is 11.7 Å². The molecular formula is C13H20N3O2+. The molecule has 1 N–H and O–H groups in total. The lowest BCUT2D eigenvalue weighted by Gasteiger charge is -2.22. The first-order chi connectivity index (χ1) is 8.38. The summed E-state index contributed by atoms with van der Waals surface area (Å²) in [5, 5.41) is 3.37. The van der Waals surface area contributed by atoms with E-state index in [0.29, 0.717) is 11.7 Å². The molecule has 1 aliphatic heterocycles. The van der Waals surface area contributed by atoms with Crippen molar-refractivity contribution < 1.29 is 14.1 Å². The molecule has 0 bridgehead atoms. The minimum absolute atomic E-state index is 0.299. The summed E-state index contributed by atoms with van der Waals surface area (Å²) in [5.41, 5.74) is -0.0456. The van der Waals surface area contributed by atoms with E-state index in [1.807, 2.05) is 13.1 Å². The van der Waals surface area contributed by atoms with E-state index >= 15 is 0 Å². The number of nitrogens with one attached hydrogen (secondary N) is 1. The molecule has 1 atom stereocenters. The van der Waals surface area contributed by atoms with E-state index < -0.39 is 11.5 Å².